The van der Waals surface area contributed by atoms with Gasteiger partial charge in [-0.25, -0.2) is 0 Å². The molecule has 0 nitrogen and oxygen atoms in total. The van der Waals surface area contributed by atoms with E-state index in [0.29, 0.717) is 0 Å². The number of alkyl halides is 1. The molecular formula is C16H16BrCl. The van der Waals surface area contributed by atoms with E-state index in [9.17, 15) is 0 Å². The molecule has 0 aliphatic heterocycles. The largest absolute Gasteiger partial charge is 0.113 e. The second kappa shape index (κ2) is 5.46. The molecule has 0 radical (unpaired) electrons. The number of halogens is 2. The Morgan fingerprint density at radius 1 is 0.889 bits per heavy atom. The van der Waals surface area contributed by atoms with Crippen molar-refractivity contribution in [3.63, 3.8) is 0 Å². The summed E-state index contributed by atoms with van der Waals surface area (Å²) in [6.45, 7) is 6.33. The number of benzene rings is 2. The SMILES string of the molecule is Cc1ccc(C(Cl)c2cc(Br)ccc2C)cc1C. The Labute approximate surface area is 122 Å². The van der Waals surface area contributed by atoms with Gasteiger partial charge in [-0.2, -0.15) is 0 Å². The van der Waals surface area contributed by atoms with Gasteiger partial charge < -0.3 is 0 Å². The molecule has 0 bridgehead atoms. The number of hydrogen-bond acceptors (Lipinski definition) is 0. The minimum Gasteiger partial charge on any atom is -0.113 e. The first-order valence-electron chi connectivity index (χ1n) is 5.96. The molecule has 18 heavy (non-hydrogen) atoms. The van der Waals surface area contributed by atoms with Crippen molar-refractivity contribution in [1.29, 1.82) is 0 Å². The Hall–Kier alpha value is -0.790. The molecule has 2 aromatic carbocycles. The average Bonchev–Trinajstić information content (AvgIpc) is 2.35. The number of aryl methyl sites for hydroxylation is 3. The van der Waals surface area contributed by atoms with Gasteiger partial charge in [0.2, 0.25) is 0 Å². The Kier molecular flexibility index (Phi) is 4.14. The van der Waals surface area contributed by atoms with E-state index in [-0.39, 0.29) is 5.38 Å². The summed E-state index contributed by atoms with van der Waals surface area (Å²) in [5.41, 5.74) is 6.12. The maximum atomic E-state index is 6.61. The van der Waals surface area contributed by atoms with Gasteiger partial charge in [0.15, 0.2) is 0 Å². The maximum Gasteiger partial charge on any atom is 0.0838 e. The van der Waals surface area contributed by atoms with Gasteiger partial charge in [0.25, 0.3) is 0 Å². The molecule has 94 valence electrons. The van der Waals surface area contributed by atoms with E-state index in [1.807, 2.05) is 6.07 Å². The van der Waals surface area contributed by atoms with Crippen LogP contribution in [0.1, 0.15) is 33.2 Å². The quantitative estimate of drug-likeness (QED) is 0.622. The molecule has 0 aromatic heterocycles. The molecule has 0 fully saturated rings. The predicted molar refractivity (Wildman–Crippen MR) is 82.5 cm³/mol. The second-order valence-corrected chi connectivity index (χ2v) is 6.06. The first-order chi connectivity index (χ1) is 8.49. The highest BCUT2D eigenvalue weighted by atomic mass is 79.9. The van der Waals surface area contributed by atoms with Gasteiger partial charge in [-0.05, 0) is 60.7 Å². The molecule has 2 heteroatoms. The predicted octanol–water partition coefficient (Wildman–Crippen LogP) is 5.70. The molecule has 0 aliphatic carbocycles. The lowest BCUT2D eigenvalue weighted by Gasteiger charge is -2.15. The molecule has 2 aromatic rings. The van der Waals surface area contributed by atoms with E-state index in [1.54, 1.807) is 0 Å². The summed E-state index contributed by atoms with van der Waals surface area (Å²) in [7, 11) is 0. The fourth-order valence-electron chi connectivity index (χ4n) is 1.99. The van der Waals surface area contributed by atoms with E-state index in [0.717, 1.165) is 15.6 Å². The molecule has 0 saturated heterocycles. The second-order valence-electron chi connectivity index (χ2n) is 4.71. The monoisotopic (exact) mass is 322 g/mol. The Balaban J connectivity index is 2.44. The summed E-state index contributed by atoms with van der Waals surface area (Å²) in [5.74, 6) is 0. The molecule has 0 saturated carbocycles. The van der Waals surface area contributed by atoms with E-state index in [4.69, 9.17) is 11.6 Å². The zero-order valence-corrected chi connectivity index (χ0v) is 13.1. The molecule has 0 N–H and O–H groups in total. The topological polar surface area (TPSA) is 0 Å². The van der Waals surface area contributed by atoms with Gasteiger partial charge in [0.05, 0.1) is 5.38 Å². The first-order valence-corrected chi connectivity index (χ1v) is 7.19. The molecule has 1 atom stereocenters. The van der Waals surface area contributed by atoms with E-state index in [2.05, 4.69) is 67.0 Å². The van der Waals surface area contributed by atoms with Crippen molar-refractivity contribution in [2.24, 2.45) is 0 Å². The van der Waals surface area contributed by atoms with Gasteiger partial charge in [-0.15, -0.1) is 11.6 Å². The molecule has 1 unspecified atom stereocenters. The Bertz CT molecular complexity index is 575. The standard InChI is InChI=1S/C16H16BrCl/c1-10-4-6-13(8-12(10)3)16(18)15-9-14(17)7-5-11(15)2/h4-9,16H,1-3H3. The van der Waals surface area contributed by atoms with Crippen molar-refractivity contribution in [1.82, 2.24) is 0 Å². The van der Waals surface area contributed by atoms with Crippen LogP contribution >= 0.6 is 27.5 Å². The zero-order valence-electron chi connectivity index (χ0n) is 10.8. The van der Waals surface area contributed by atoms with Crippen LogP contribution in [0.15, 0.2) is 40.9 Å². The minimum atomic E-state index is -0.0956. The summed E-state index contributed by atoms with van der Waals surface area (Å²) in [6.07, 6.45) is 0. The van der Waals surface area contributed by atoms with Crippen LogP contribution in [0.3, 0.4) is 0 Å². The fraction of sp³-hybridized carbons (Fsp3) is 0.250. The molecule has 0 heterocycles. The third-order valence-corrected chi connectivity index (χ3v) is 4.32. The van der Waals surface area contributed by atoms with Crippen LogP contribution in [0.25, 0.3) is 0 Å². The van der Waals surface area contributed by atoms with Crippen LogP contribution in [0.4, 0.5) is 0 Å². The normalized spacial score (nSPS) is 12.5. The van der Waals surface area contributed by atoms with Crippen molar-refractivity contribution < 1.29 is 0 Å². The van der Waals surface area contributed by atoms with Crippen LogP contribution in [0, 0.1) is 20.8 Å². The maximum absolute atomic E-state index is 6.61. The highest BCUT2D eigenvalue weighted by molar-refractivity contribution is 9.10. The van der Waals surface area contributed by atoms with Crippen molar-refractivity contribution in [3.05, 3.63) is 68.7 Å². The van der Waals surface area contributed by atoms with E-state index < -0.39 is 0 Å². The highest BCUT2D eigenvalue weighted by Crippen LogP contribution is 2.33. The highest BCUT2D eigenvalue weighted by Gasteiger charge is 2.14. The van der Waals surface area contributed by atoms with Crippen LogP contribution < -0.4 is 0 Å². The van der Waals surface area contributed by atoms with E-state index in [1.165, 1.54) is 16.7 Å². The minimum absolute atomic E-state index is 0.0956. The van der Waals surface area contributed by atoms with Crippen LogP contribution in [-0.2, 0) is 0 Å². The molecule has 0 aliphatic rings. The zero-order chi connectivity index (χ0) is 13.3. The van der Waals surface area contributed by atoms with Crippen molar-refractivity contribution in [2.45, 2.75) is 26.1 Å². The van der Waals surface area contributed by atoms with Crippen LogP contribution in [-0.4, -0.2) is 0 Å². The van der Waals surface area contributed by atoms with Crippen LogP contribution in [0.2, 0.25) is 0 Å². The molecule has 0 spiro atoms. The lowest BCUT2D eigenvalue weighted by molar-refractivity contribution is 1.10. The smallest absolute Gasteiger partial charge is 0.0838 e. The summed E-state index contributed by atoms with van der Waals surface area (Å²) in [5, 5.41) is -0.0956. The third-order valence-electron chi connectivity index (χ3n) is 3.34. The van der Waals surface area contributed by atoms with Crippen molar-refractivity contribution in [2.75, 3.05) is 0 Å². The molecule has 2 rings (SSSR count). The summed E-state index contributed by atoms with van der Waals surface area (Å²) in [4.78, 5) is 0. The lowest BCUT2D eigenvalue weighted by atomic mass is 9.97. The first kappa shape index (κ1) is 13.6. The molecule has 0 amide bonds. The van der Waals surface area contributed by atoms with E-state index >= 15 is 0 Å². The number of rotatable bonds is 2. The lowest BCUT2D eigenvalue weighted by Crippen LogP contribution is -1.97. The Morgan fingerprint density at radius 2 is 1.56 bits per heavy atom. The fourth-order valence-corrected chi connectivity index (χ4v) is 2.74. The summed E-state index contributed by atoms with van der Waals surface area (Å²) in [6, 6.07) is 12.7. The Morgan fingerprint density at radius 3 is 2.22 bits per heavy atom. The summed E-state index contributed by atoms with van der Waals surface area (Å²) >= 11 is 10.1. The van der Waals surface area contributed by atoms with Gasteiger partial charge in [0.1, 0.15) is 0 Å². The average molecular weight is 324 g/mol. The third kappa shape index (κ3) is 2.78. The summed E-state index contributed by atoms with van der Waals surface area (Å²) < 4.78 is 1.07. The van der Waals surface area contributed by atoms with Gasteiger partial charge in [-0.3, -0.25) is 0 Å². The van der Waals surface area contributed by atoms with Gasteiger partial charge in [0, 0.05) is 4.47 Å². The number of hydrogen-bond donors (Lipinski definition) is 0. The van der Waals surface area contributed by atoms with Crippen molar-refractivity contribution >= 4 is 27.5 Å². The van der Waals surface area contributed by atoms with Crippen LogP contribution in [0.5, 0.6) is 0 Å². The van der Waals surface area contributed by atoms with Crippen molar-refractivity contribution in [3.8, 4) is 0 Å². The van der Waals surface area contributed by atoms with Gasteiger partial charge >= 0.3 is 0 Å². The molecular weight excluding hydrogens is 308 g/mol. The van der Waals surface area contributed by atoms with Gasteiger partial charge in [-0.1, -0.05) is 40.2 Å².